The van der Waals surface area contributed by atoms with Gasteiger partial charge in [0.2, 0.25) is 0 Å². The highest BCUT2D eigenvalue weighted by atomic mass is 32.1. The largest absolute Gasteiger partial charge is 0.456 e. The number of aromatic nitrogens is 2. The molecule has 0 unspecified atom stereocenters. The van der Waals surface area contributed by atoms with Crippen LogP contribution in [0.2, 0.25) is 0 Å². The van der Waals surface area contributed by atoms with Gasteiger partial charge in [-0.25, -0.2) is 0 Å². The smallest absolute Gasteiger partial charge is 0.136 e. The van der Waals surface area contributed by atoms with E-state index in [9.17, 15) is 0 Å². The fraction of sp³-hybridized carbons (Fsp3) is 0. The van der Waals surface area contributed by atoms with Crippen LogP contribution in [-0.2, 0) is 0 Å². The molecular weight excluding hydrogens is 773 g/mol. The van der Waals surface area contributed by atoms with Crippen LogP contribution in [0.25, 0.3) is 130 Å². The first-order valence-corrected chi connectivity index (χ1v) is 22.0. The number of thiophene rings is 1. The van der Waals surface area contributed by atoms with Crippen molar-refractivity contribution in [1.29, 1.82) is 0 Å². The highest BCUT2D eigenvalue weighted by Gasteiger charge is 2.23. The highest BCUT2D eigenvalue weighted by molar-refractivity contribution is 7.27. The lowest BCUT2D eigenvalue weighted by atomic mass is 9.94. The van der Waals surface area contributed by atoms with Crippen molar-refractivity contribution in [1.82, 2.24) is 9.13 Å². The van der Waals surface area contributed by atoms with Gasteiger partial charge in [-0.2, -0.15) is 0 Å². The number of fused-ring (bicyclic) bond motifs is 16. The van der Waals surface area contributed by atoms with Crippen LogP contribution >= 0.6 is 11.3 Å². The van der Waals surface area contributed by atoms with E-state index in [0.29, 0.717) is 0 Å². The Labute approximate surface area is 359 Å². The highest BCUT2D eigenvalue weighted by Crippen LogP contribution is 2.49. The van der Waals surface area contributed by atoms with E-state index in [1.165, 1.54) is 91.2 Å². The number of para-hydroxylation sites is 3. The first-order chi connectivity index (χ1) is 30.8. The summed E-state index contributed by atoms with van der Waals surface area (Å²) in [6.45, 7) is 0. The first kappa shape index (κ1) is 33.9. The number of hydrogen-bond donors (Lipinski definition) is 0. The Balaban J connectivity index is 1.03. The molecule has 14 rings (SSSR count). The third-order valence-corrected chi connectivity index (χ3v) is 14.3. The second-order valence-corrected chi connectivity index (χ2v) is 17.4. The molecule has 4 aromatic heterocycles. The lowest BCUT2D eigenvalue weighted by Gasteiger charge is -2.10. The van der Waals surface area contributed by atoms with Gasteiger partial charge in [0.05, 0.1) is 26.8 Å². The van der Waals surface area contributed by atoms with Gasteiger partial charge >= 0.3 is 0 Å². The van der Waals surface area contributed by atoms with Gasteiger partial charge in [0, 0.05) is 59.2 Å². The Hall–Kier alpha value is -7.92. The molecule has 0 bridgehead atoms. The topological polar surface area (TPSA) is 23.0 Å². The minimum absolute atomic E-state index is 0.884. The van der Waals surface area contributed by atoms with Crippen molar-refractivity contribution in [3.8, 4) is 33.6 Å². The summed E-state index contributed by atoms with van der Waals surface area (Å²) in [4.78, 5) is 0. The third kappa shape index (κ3) is 4.64. The van der Waals surface area contributed by atoms with Gasteiger partial charge in [0.25, 0.3) is 0 Å². The van der Waals surface area contributed by atoms with E-state index >= 15 is 0 Å². The van der Waals surface area contributed by atoms with E-state index < -0.39 is 0 Å². The summed E-state index contributed by atoms with van der Waals surface area (Å²) in [6.07, 6.45) is 0. The minimum atomic E-state index is 0.884. The molecule has 0 amide bonds. The van der Waals surface area contributed by atoms with Gasteiger partial charge in [0.15, 0.2) is 0 Å². The number of hydrogen-bond acceptors (Lipinski definition) is 2. The Morgan fingerprint density at radius 3 is 1.71 bits per heavy atom. The standard InChI is InChI=1S/C58H34N2OS/c1-3-15-37(16-4-1)59-47-25-11-9-21-43(47)53-39(23-13-26-49(53)59)40-24-14-27-51-54(40)46-34-36(30-32-50(46)61-51)35-29-31-48-45(33-35)55-41-19-7-8-20-42(41)56-44-22-10-12-28-52(44)62-58(56)57(55)60(48)38-17-5-2-6-18-38/h1-34H. The maximum atomic E-state index is 6.67. The van der Waals surface area contributed by atoms with Crippen molar-refractivity contribution in [3.63, 3.8) is 0 Å². The van der Waals surface area contributed by atoms with Gasteiger partial charge < -0.3 is 13.6 Å². The summed E-state index contributed by atoms with van der Waals surface area (Å²) >= 11 is 1.90. The molecule has 0 saturated carbocycles. The monoisotopic (exact) mass is 806 g/mol. The Kier molecular flexibility index (Phi) is 6.99. The third-order valence-electron chi connectivity index (χ3n) is 13.1. The van der Waals surface area contributed by atoms with Gasteiger partial charge in [-0.3, -0.25) is 0 Å². The van der Waals surface area contributed by atoms with Crippen molar-refractivity contribution in [2.45, 2.75) is 0 Å². The molecule has 0 atom stereocenters. The lowest BCUT2D eigenvalue weighted by Crippen LogP contribution is -1.93. The van der Waals surface area contributed by atoms with Crippen LogP contribution in [0.1, 0.15) is 0 Å². The molecule has 0 aliphatic heterocycles. The van der Waals surface area contributed by atoms with E-state index in [1.807, 2.05) is 11.3 Å². The minimum Gasteiger partial charge on any atom is -0.456 e. The van der Waals surface area contributed by atoms with Crippen LogP contribution in [0, 0.1) is 0 Å². The van der Waals surface area contributed by atoms with Crippen molar-refractivity contribution >= 4 is 108 Å². The van der Waals surface area contributed by atoms with E-state index in [0.717, 1.165) is 38.9 Å². The maximum Gasteiger partial charge on any atom is 0.136 e. The van der Waals surface area contributed by atoms with Crippen LogP contribution in [0.4, 0.5) is 0 Å². The molecule has 0 fully saturated rings. The lowest BCUT2D eigenvalue weighted by molar-refractivity contribution is 0.669. The van der Waals surface area contributed by atoms with Crippen molar-refractivity contribution in [3.05, 3.63) is 206 Å². The normalized spacial score (nSPS) is 12.2. The van der Waals surface area contributed by atoms with Gasteiger partial charge in [-0.05, 0) is 106 Å². The SMILES string of the molecule is c1ccc(-n2c3ccccc3c3c(-c4cccc5oc6ccc(-c7ccc8c(c7)c7c9ccccc9c9c%10ccccc%10sc9c7n8-c7ccccc7)cc6c45)cccc32)cc1. The average Bonchev–Trinajstić information content (AvgIpc) is 4.10. The number of furan rings is 1. The predicted molar refractivity (Wildman–Crippen MR) is 264 cm³/mol. The molecule has 62 heavy (non-hydrogen) atoms. The van der Waals surface area contributed by atoms with Crippen LogP contribution < -0.4 is 0 Å². The molecular formula is C58H34N2OS. The molecule has 0 saturated heterocycles. The van der Waals surface area contributed by atoms with E-state index in [4.69, 9.17) is 4.42 Å². The average molecular weight is 807 g/mol. The Morgan fingerprint density at radius 2 is 0.919 bits per heavy atom. The number of benzene rings is 10. The molecule has 0 spiro atoms. The van der Waals surface area contributed by atoms with Crippen molar-refractivity contribution in [2.24, 2.45) is 0 Å². The van der Waals surface area contributed by atoms with Crippen molar-refractivity contribution < 1.29 is 4.42 Å². The Bertz CT molecular complexity index is 4150. The summed E-state index contributed by atoms with van der Waals surface area (Å²) in [7, 11) is 0. The predicted octanol–water partition coefficient (Wildman–Crippen LogP) is 16.6. The second kappa shape index (κ2) is 12.8. The van der Waals surface area contributed by atoms with Crippen LogP contribution in [0.5, 0.6) is 0 Å². The molecule has 0 aliphatic carbocycles. The van der Waals surface area contributed by atoms with Crippen molar-refractivity contribution in [2.75, 3.05) is 0 Å². The zero-order valence-corrected chi connectivity index (χ0v) is 34.2. The number of rotatable bonds is 4. The fourth-order valence-corrected chi connectivity index (χ4v) is 11.8. The maximum absolute atomic E-state index is 6.67. The molecule has 0 N–H and O–H groups in total. The van der Waals surface area contributed by atoms with Gasteiger partial charge in [0.1, 0.15) is 11.2 Å². The molecule has 14 aromatic rings. The van der Waals surface area contributed by atoms with Gasteiger partial charge in [-0.1, -0.05) is 133 Å². The van der Waals surface area contributed by atoms with Gasteiger partial charge in [-0.15, -0.1) is 11.3 Å². The van der Waals surface area contributed by atoms with E-state index in [1.54, 1.807) is 0 Å². The first-order valence-electron chi connectivity index (χ1n) is 21.2. The van der Waals surface area contributed by atoms with E-state index in [2.05, 4.69) is 215 Å². The molecule has 3 nitrogen and oxygen atoms in total. The molecule has 0 aliphatic rings. The summed E-state index contributed by atoms with van der Waals surface area (Å²) in [5.74, 6) is 0. The van der Waals surface area contributed by atoms with E-state index in [-0.39, 0.29) is 0 Å². The molecule has 4 heterocycles. The zero-order valence-electron chi connectivity index (χ0n) is 33.3. The van der Waals surface area contributed by atoms with Crippen LogP contribution in [0.3, 0.4) is 0 Å². The molecule has 288 valence electrons. The fourth-order valence-electron chi connectivity index (χ4n) is 10.5. The number of nitrogens with zero attached hydrogens (tertiary/aromatic N) is 2. The molecule has 10 aromatic carbocycles. The molecule has 0 radical (unpaired) electrons. The summed E-state index contributed by atoms with van der Waals surface area (Å²) in [5, 5.41) is 12.5. The quantitative estimate of drug-likeness (QED) is 0.174. The van der Waals surface area contributed by atoms with Crippen LogP contribution in [0.15, 0.2) is 211 Å². The summed E-state index contributed by atoms with van der Waals surface area (Å²) < 4.78 is 14.2. The molecule has 4 heteroatoms. The van der Waals surface area contributed by atoms with Crippen LogP contribution in [-0.4, -0.2) is 9.13 Å². The summed E-state index contributed by atoms with van der Waals surface area (Å²) in [6, 6.07) is 75.2. The second-order valence-electron chi connectivity index (χ2n) is 16.4. The Morgan fingerprint density at radius 1 is 0.339 bits per heavy atom. The summed E-state index contributed by atoms with van der Waals surface area (Å²) in [5.41, 5.74) is 13.6. The zero-order chi connectivity index (χ0) is 40.5.